The van der Waals surface area contributed by atoms with Crippen LogP contribution in [0.1, 0.15) is 97.3 Å². The molecule has 0 fully saturated rings. The summed E-state index contributed by atoms with van der Waals surface area (Å²) in [5.41, 5.74) is 0. The van der Waals surface area contributed by atoms with E-state index >= 15 is 0 Å². The molecule has 120 valence electrons. The molecule has 0 aromatic heterocycles. The summed E-state index contributed by atoms with van der Waals surface area (Å²) in [6.45, 7) is 5.27. The topological polar surface area (TPSA) is 26.3 Å². The van der Waals surface area contributed by atoms with Crippen molar-refractivity contribution in [3.8, 4) is 0 Å². The van der Waals surface area contributed by atoms with Gasteiger partial charge in [-0.15, -0.1) is 0 Å². The molecule has 0 aromatic carbocycles. The molecule has 0 aromatic rings. The maximum absolute atomic E-state index is 10.3. The molecular weight excluding hydrogens is 248 g/mol. The van der Waals surface area contributed by atoms with Crippen molar-refractivity contribution < 1.29 is 9.53 Å². The maximum atomic E-state index is 10.3. The van der Waals surface area contributed by atoms with Gasteiger partial charge in [-0.05, 0) is 19.3 Å². The first-order valence-corrected chi connectivity index (χ1v) is 8.90. The van der Waals surface area contributed by atoms with E-state index in [4.69, 9.17) is 4.74 Å². The van der Waals surface area contributed by atoms with E-state index in [0.717, 1.165) is 25.7 Å². The summed E-state index contributed by atoms with van der Waals surface area (Å²) in [5.74, 6) is 0. The molecule has 0 aliphatic rings. The van der Waals surface area contributed by atoms with Crippen molar-refractivity contribution in [2.45, 2.75) is 103 Å². The van der Waals surface area contributed by atoms with Crippen molar-refractivity contribution in [3.05, 3.63) is 0 Å². The average molecular weight is 284 g/mol. The van der Waals surface area contributed by atoms with Gasteiger partial charge in [0, 0.05) is 13.0 Å². The zero-order chi connectivity index (χ0) is 14.9. The summed E-state index contributed by atoms with van der Waals surface area (Å²) < 4.78 is 5.81. The molecule has 1 atom stereocenters. The van der Waals surface area contributed by atoms with E-state index in [0.29, 0.717) is 12.5 Å². The maximum Gasteiger partial charge on any atom is 0.120 e. The lowest BCUT2D eigenvalue weighted by Crippen LogP contribution is -2.12. The van der Waals surface area contributed by atoms with Gasteiger partial charge in [0.25, 0.3) is 0 Å². The molecule has 2 heteroatoms. The van der Waals surface area contributed by atoms with Crippen LogP contribution in [0.5, 0.6) is 0 Å². The van der Waals surface area contributed by atoms with Crippen molar-refractivity contribution in [2.24, 2.45) is 0 Å². The number of ether oxygens (including phenoxy) is 1. The average Bonchev–Trinajstić information content (AvgIpc) is 2.48. The minimum absolute atomic E-state index is 0.291. The highest BCUT2D eigenvalue weighted by atomic mass is 16.5. The molecule has 0 amide bonds. The van der Waals surface area contributed by atoms with Crippen molar-refractivity contribution in [3.63, 3.8) is 0 Å². The fourth-order valence-electron chi connectivity index (χ4n) is 2.50. The van der Waals surface area contributed by atoms with Gasteiger partial charge in [0.1, 0.15) is 6.29 Å². The Hall–Kier alpha value is -0.370. The molecule has 0 radical (unpaired) electrons. The van der Waals surface area contributed by atoms with E-state index in [2.05, 4.69) is 13.8 Å². The molecule has 2 nitrogen and oxygen atoms in total. The predicted molar refractivity (Wildman–Crippen MR) is 87.2 cm³/mol. The molecule has 0 N–H and O–H groups in total. The first kappa shape index (κ1) is 19.6. The second-order valence-electron chi connectivity index (χ2n) is 5.83. The minimum atomic E-state index is 0.291. The predicted octanol–water partition coefficient (Wildman–Crippen LogP) is 5.68. The molecule has 0 aliphatic carbocycles. The summed E-state index contributed by atoms with van der Waals surface area (Å²) in [6, 6.07) is 0. The highest BCUT2D eigenvalue weighted by Gasteiger charge is 2.05. The van der Waals surface area contributed by atoms with Gasteiger partial charge in [-0.1, -0.05) is 71.6 Å². The van der Waals surface area contributed by atoms with Gasteiger partial charge in [-0.2, -0.15) is 0 Å². The van der Waals surface area contributed by atoms with Crippen LogP contribution in [-0.2, 0) is 9.53 Å². The monoisotopic (exact) mass is 284 g/mol. The van der Waals surface area contributed by atoms with E-state index < -0.39 is 0 Å². The van der Waals surface area contributed by atoms with Crippen LogP contribution in [0, 0.1) is 0 Å². The molecule has 1 unspecified atom stereocenters. The molecule has 0 bridgehead atoms. The number of hydrogen-bond acceptors (Lipinski definition) is 2. The molecular formula is C18H36O2. The number of carbonyl (C=O) groups excluding carboxylic acids is 1. The fourth-order valence-corrected chi connectivity index (χ4v) is 2.50. The van der Waals surface area contributed by atoms with Gasteiger partial charge in [0.05, 0.1) is 6.10 Å². The number of rotatable bonds is 16. The second kappa shape index (κ2) is 16.7. The zero-order valence-electron chi connectivity index (χ0n) is 13.9. The molecule has 0 rings (SSSR count). The number of hydrogen-bond donors (Lipinski definition) is 0. The van der Waals surface area contributed by atoms with Crippen molar-refractivity contribution in [1.82, 2.24) is 0 Å². The van der Waals surface area contributed by atoms with Crippen LogP contribution >= 0.6 is 0 Å². The lowest BCUT2D eigenvalue weighted by Gasteiger charge is -2.14. The number of aldehydes is 1. The van der Waals surface area contributed by atoms with E-state index in [1.54, 1.807) is 0 Å². The Morgan fingerprint density at radius 3 is 1.90 bits per heavy atom. The van der Waals surface area contributed by atoms with Crippen molar-refractivity contribution in [2.75, 3.05) is 6.61 Å². The number of carbonyl (C=O) groups is 1. The first-order chi connectivity index (χ1) is 9.85. The largest absolute Gasteiger partial charge is 0.378 e. The first-order valence-electron chi connectivity index (χ1n) is 8.90. The van der Waals surface area contributed by atoms with Crippen LogP contribution in [0.15, 0.2) is 0 Å². The molecule has 0 saturated carbocycles. The van der Waals surface area contributed by atoms with Gasteiger partial charge in [-0.25, -0.2) is 0 Å². The van der Waals surface area contributed by atoms with Gasteiger partial charge in [-0.3, -0.25) is 0 Å². The van der Waals surface area contributed by atoms with E-state index in [1.807, 2.05) is 0 Å². The Labute approximate surface area is 126 Å². The SMILES string of the molecule is CCCCCCCCCCCCOC(CC)CCC=O. The summed E-state index contributed by atoms with van der Waals surface area (Å²) in [4.78, 5) is 10.3. The molecule has 0 aliphatic heterocycles. The number of unbranched alkanes of at least 4 members (excludes halogenated alkanes) is 9. The van der Waals surface area contributed by atoms with Crippen LogP contribution in [0.4, 0.5) is 0 Å². The van der Waals surface area contributed by atoms with Crippen LogP contribution in [0.3, 0.4) is 0 Å². The lowest BCUT2D eigenvalue weighted by molar-refractivity contribution is -0.108. The molecule has 20 heavy (non-hydrogen) atoms. The summed E-state index contributed by atoms with van der Waals surface area (Å²) in [6.07, 6.45) is 17.4. The van der Waals surface area contributed by atoms with Crippen LogP contribution in [0.25, 0.3) is 0 Å². The summed E-state index contributed by atoms with van der Waals surface area (Å²) in [5, 5.41) is 0. The Morgan fingerprint density at radius 2 is 1.40 bits per heavy atom. The Balaban J connectivity index is 3.17. The Morgan fingerprint density at radius 1 is 0.850 bits per heavy atom. The van der Waals surface area contributed by atoms with E-state index in [-0.39, 0.29) is 0 Å². The third-order valence-corrected chi connectivity index (χ3v) is 3.91. The molecule has 0 spiro atoms. The third-order valence-electron chi connectivity index (χ3n) is 3.91. The van der Waals surface area contributed by atoms with Crippen molar-refractivity contribution >= 4 is 6.29 Å². The standard InChI is InChI=1S/C18H36O2/c1-3-5-6-7-8-9-10-11-12-13-17-20-18(4-2)15-14-16-19/h16,18H,3-15,17H2,1-2H3. The normalized spacial score (nSPS) is 12.5. The Kier molecular flexibility index (Phi) is 16.4. The minimum Gasteiger partial charge on any atom is -0.378 e. The summed E-state index contributed by atoms with van der Waals surface area (Å²) in [7, 11) is 0. The van der Waals surface area contributed by atoms with Crippen LogP contribution in [0.2, 0.25) is 0 Å². The van der Waals surface area contributed by atoms with Gasteiger partial charge in [0.2, 0.25) is 0 Å². The van der Waals surface area contributed by atoms with Crippen molar-refractivity contribution in [1.29, 1.82) is 0 Å². The molecule has 0 heterocycles. The van der Waals surface area contributed by atoms with Crippen LogP contribution in [-0.4, -0.2) is 19.0 Å². The van der Waals surface area contributed by atoms with Crippen LogP contribution < -0.4 is 0 Å². The second-order valence-corrected chi connectivity index (χ2v) is 5.83. The fraction of sp³-hybridized carbons (Fsp3) is 0.944. The zero-order valence-corrected chi connectivity index (χ0v) is 13.9. The van der Waals surface area contributed by atoms with Gasteiger partial charge >= 0.3 is 0 Å². The smallest absolute Gasteiger partial charge is 0.120 e. The van der Waals surface area contributed by atoms with Gasteiger partial charge < -0.3 is 9.53 Å². The third kappa shape index (κ3) is 14.0. The highest BCUT2D eigenvalue weighted by Crippen LogP contribution is 2.11. The highest BCUT2D eigenvalue weighted by molar-refractivity contribution is 5.49. The quantitative estimate of drug-likeness (QED) is 0.269. The summed E-state index contributed by atoms with van der Waals surface area (Å²) >= 11 is 0. The van der Waals surface area contributed by atoms with E-state index in [1.165, 1.54) is 64.2 Å². The Bertz CT molecular complexity index is 192. The lowest BCUT2D eigenvalue weighted by atomic mass is 10.1. The van der Waals surface area contributed by atoms with Gasteiger partial charge in [0.15, 0.2) is 0 Å². The molecule has 0 saturated heterocycles. The van der Waals surface area contributed by atoms with E-state index in [9.17, 15) is 4.79 Å².